The number of rotatable bonds is 2. The number of aromatic nitrogens is 2. The number of nitrogens with two attached hydrogens (primary N) is 1. The van der Waals surface area contributed by atoms with E-state index >= 15 is 0 Å². The molecule has 2 heterocycles. The molecule has 7 heteroatoms. The molecule has 3 rings (SSSR count). The first kappa shape index (κ1) is 13.4. The maximum atomic E-state index is 13.8. The molecule has 5 nitrogen and oxygen atoms in total. The van der Waals surface area contributed by atoms with Crippen molar-refractivity contribution in [3.05, 3.63) is 29.8 Å². The van der Waals surface area contributed by atoms with Crippen molar-refractivity contribution in [2.45, 2.75) is 6.04 Å². The van der Waals surface area contributed by atoms with Gasteiger partial charge in [-0.1, -0.05) is 5.16 Å². The molecule has 0 bridgehead atoms. The van der Waals surface area contributed by atoms with E-state index in [1.54, 1.807) is 12.1 Å². The molecule has 0 amide bonds. The van der Waals surface area contributed by atoms with Crippen LogP contribution in [0.2, 0.25) is 0 Å². The van der Waals surface area contributed by atoms with Gasteiger partial charge in [0.2, 0.25) is 0 Å². The van der Waals surface area contributed by atoms with Crippen LogP contribution in [0, 0.1) is 5.82 Å². The molecular weight excluding hydrogens is 279 g/mol. The van der Waals surface area contributed by atoms with Gasteiger partial charge in [-0.3, -0.25) is 4.90 Å². The molecule has 1 aromatic heterocycles. The second-order valence-electron chi connectivity index (χ2n) is 4.77. The molecule has 1 saturated heterocycles. The predicted molar refractivity (Wildman–Crippen MR) is 76.8 cm³/mol. The molecule has 0 spiro atoms. The third-order valence-corrected chi connectivity index (χ3v) is 4.38. The molecular formula is C13H15FN4OS. The van der Waals surface area contributed by atoms with Crippen LogP contribution in [0.25, 0.3) is 11.5 Å². The summed E-state index contributed by atoms with van der Waals surface area (Å²) in [7, 11) is 2.03. The van der Waals surface area contributed by atoms with Crippen molar-refractivity contribution in [1.82, 2.24) is 15.0 Å². The summed E-state index contributed by atoms with van der Waals surface area (Å²) in [5.41, 5.74) is 6.18. The summed E-state index contributed by atoms with van der Waals surface area (Å²) in [5, 5.41) is 3.99. The lowest BCUT2D eigenvalue weighted by molar-refractivity contribution is 0.257. The summed E-state index contributed by atoms with van der Waals surface area (Å²) >= 11 is 1.86. The second kappa shape index (κ2) is 5.41. The van der Waals surface area contributed by atoms with E-state index < -0.39 is 5.82 Å². The zero-order chi connectivity index (χ0) is 14.1. The average molecular weight is 294 g/mol. The van der Waals surface area contributed by atoms with Gasteiger partial charge in [-0.2, -0.15) is 16.7 Å². The summed E-state index contributed by atoms with van der Waals surface area (Å²) in [5.74, 6) is 2.36. The Morgan fingerprint density at radius 1 is 1.50 bits per heavy atom. The number of nitrogens with zero attached hydrogens (tertiary/aromatic N) is 3. The summed E-state index contributed by atoms with van der Waals surface area (Å²) in [6.07, 6.45) is 0. The Labute approximate surface area is 120 Å². The van der Waals surface area contributed by atoms with Gasteiger partial charge < -0.3 is 10.3 Å². The van der Waals surface area contributed by atoms with E-state index in [1.165, 1.54) is 6.07 Å². The zero-order valence-electron chi connectivity index (χ0n) is 11.0. The van der Waals surface area contributed by atoms with Crippen LogP contribution in [-0.4, -0.2) is 40.1 Å². The molecule has 1 aliphatic heterocycles. The maximum Gasteiger partial charge on any atom is 0.260 e. The summed E-state index contributed by atoms with van der Waals surface area (Å²) in [6, 6.07) is 4.54. The third kappa shape index (κ3) is 2.51. The minimum Gasteiger partial charge on any atom is -0.399 e. The van der Waals surface area contributed by atoms with Crippen molar-refractivity contribution >= 4 is 17.4 Å². The fourth-order valence-electron chi connectivity index (χ4n) is 2.14. The van der Waals surface area contributed by atoms with Gasteiger partial charge in [0.05, 0.1) is 11.6 Å². The van der Waals surface area contributed by atoms with E-state index in [2.05, 4.69) is 15.0 Å². The Hall–Kier alpha value is -1.60. The largest absolute Gasteiger partial charge is 0.399 e. The number of thioether (sulfide) groups is 1. The van der Waals surface area contributed by atoms with Crippen molar-refractivity contribution in [3.63, 3.8) is 0 Å². The molecule has 106 valence electrons. The quantitative estimate of drug-likeness (QED) is 0.856. The molecule has 2 aromatic rings. The SMILES string of the molecule is CN1CCSCC1c1noc(-c2ccc(N)cc2F)n1. The molecule has 20 heavy (non-hydrogen) atoms. The van der Waals surface area contributed by atoms with Crippen molar-refractivity contribution < 1.29 is 8.91 Å². The van der Waals surface area contributed by atoms with Gasteiger partial charge >= 0.3 is 0 Å². The zero-order valence-corrected chi connectivity index (χ0v) is 11.9. The summed E-state index contributed by atoms with van der Waals surface area (Å²) in [4.78, 5) is 6.52. The third-order valence-electron chi connectivity index (χ3n) is 3.36. The Morgan fingerprint density at radius 3 is 3.10 bits per heavy atom. The van der Waals surface area contributed by atoms with Crippen LogP contribution < -0.4 is 5.73 Å². The van der Waals surface area contributed by atoms with E-state index in [9.17, 15) is 4.39 Å². The molecule has 1 atom stereocenters. The van der Waals surface area contributed by atoms with Crippen LogP contribution in [-0.2, 0) is 0 Å². The van der Waals surface area contributed by atoms with E-state index in [4.69, 9.17) is 10.3 Å². The molecule has 0 aliphatic carbocycles. The molecule has 1 aliphatic rings. The topological polar surface area (TPSA) is 68.2 Å². The molecule has 1 fully saturated rings. The van der Waals surface area contributed by atoms with E-state index in [-0.39, 0.29) is 17.5 Å². The number of nitrogen functional groups attached to an aromatic ring is 1. The summed E-state index contributed by atoms with van der Waals surface area (Å²) in [6.45, 7) is 0.982. The van der Waals surface area contributed by atoms with Crippen molar-refractivity contribution in [2.75, 3.05) is 30.8 Å². The lowest BCUT2D eigenvalue weighted by Crippen LogP contribution is -2.33. The molecule has 0 radical (unpaired) electrons. The van der Waals surface area contributed by atoms with Gasteiger partial charge in [0.25, 0.3) is 5.89 Å². The normalized spacial score (nSPS) is 20.2. The monoisotopic (exact) mass is 294 g/mol. The number of benzene rings is 1. The van der Waals surface area contributed by atoms with Gasteiger partial charge in [-0.05, 0) is 25.2 Å². The Morgan fingerprint density at radius 2 is 2.35 bits per heavy atom. The van der Waals surface area contributed by atoms with Gasteiger partial charge in [-0.15, -0.1) is 0 Å². The molecule has 2 N–H and O–H groups in total. The number of hydrogen-bond donors (Lipinski definition) is 1. The highest BCUT2D eigenvalue weighted by atomic mass is 32.2. The fraction of sp³-hybridized carbons (Fsp3) is 0.385. The first-order valence-corrected chi connectivity index (χ1v) is 7.47. The summed E-state index contributed by atoms with van der Waals surface area (Å²) < 4.78 is 19.0. The van der Waals surface area contributed by atoms with Crippen LogP contribution in [0.4, 0.5) is 10.1 Å². The second-order valence-corrected chi connectivity index (χ2v) is 5.92. The van der Waals surface area contributed by atoms with Crippen molar-refractivity contribution in [1.29, 1.82) is 0 Å². The van der Waals surface area contributed by atoms with Crippen molar-refractivity contribution in [3.8, 4) is 11.5 Å². The van der Waals surface area contributed by atoms with Gasteiger partial charge in [0.15, 0.2) is 5.82 Å². The van der Waals surface area contributed by atoms with Crippen LogP contribution in [0.3, 0.4) is 0 Å². The molecule has 1 aromatic carbocycles. The van der Waals surface area contributed by atoms with Gasteiger partial charge in [0.1, 0.15) is 5.82 Å². The Kier molecular flexibility index (Phi) is 3.62. The molecule has 0 saturated carbocycles. The number of halogens is 1. The highest BCUT2D eigenvalue weighted by molar-refractivity contribution is 7.99. The van der Waals surface area contributed by atoms with E-state index in [1.807, 2.05) is 18.8 Å². The Bertz CT molecular complexity index is 618. The van der Waals surface area contributed by atoms with E-state index in [0.29, 0.717) is 11.5 Å². The Balaban J connectivity index is 1.89. The van der Waals surface area contributed by atoms with Crippen LogP contribution in [0.5, 0.6) is 0 Å². The highest BCUT2D eigenvalue weighted by Gasteiger charge is 2.26. The fourth-order valence-corrected chi connectivity index (χ4v) is 3.35. The van der Waals surface area contributed by atoms with E-state index in [0.717, 1.165) is 18.1 Å². The van der Waals surface area contributed by atoms with Crippen LogP contribution in [0.15, 0.2) is 22.7 Å². The van der Waals surface area contributed by atoms with Crippen LogP contribution >= 0.6 is 11.8 Å². The smallest absolute Gasteiger partial charge is 0.260 e. The number of hydrogen-bond acceptors (Lipinski definition) is 6. The highest BCUT2D eigenvalue weighted by Crippen LogP contribution is 2.29. The minimum atomic E-state index is -0.452. The first-order valence-electron chi connectivity index (χ1n) is 6.32. The van der Waals surface area contributed by atoms with Gasteiger partial charge in [-0.25, -0.2) is 4.39 Å². The predicted octanol–water partition coefficient (Wildman–Crippen LogP) is 2.18. The molecule has 1 unspecified atom stereocenters. The number of anilines is 1. The maximum absolute atomic E-state index is 13.8. The minimum absolute atomic E-state index is 0.114. The lowest BCUT2D eigenvalue weighted by atomic mass is 10.2. The van der Waals surface area contributed by atoms with Gasteiger partial charge in [0, 0.05) is 23.7 Å². The standard InChI is InChI=1S/C13H15FN4OS/c1-18-4-5-20-7-11(18)12-16-13(19-17-12)9-3-2-8(15)6-10(9)14/h2-3,6,11H,4-5,7,15H2,1H3. The lowest BCUT2D eigenvalue weighted by Gasteiger charge is -2.29. The van der Waals surface area contributed by atoms with Crippen molar-refractivity contribution in [2.24, 2.45) is 0 Å². The average Bonchev–Trinajstić information content (AvgIpc) is 2.88. The first-order chi connectivity index (χ1) is 9.65. The van der Waals surface area contributed by atoms with Crippen LogP contribution in [0.1, 0.15) is 11.9 Å².